The lowest BCUT2D eigenvalue weighted by Crippen LogP contribution is -2.51. The Morgan fingerprint density at radius 2 is 0.848 bits per heavy atom. The standard InChI is InChI=1S/C38H58N6O2/c1-41(2)33-23-19-31(20-24-33)39-37(45)43(35-15-7-5-8-16-35)27-29-13-11-12-14-30(29)28-44(36-17-9-6-10-18-36)38(46)40-32-21-25-34(26-22-32)42(3)4/h19-26,29-30,35-36H,5-18,27-28H2,1-4H3,(H,39,45)(H,40,46)/t29-,30-/m1/s1. The SMILES string of the molecule is CN(C)c1ccc(NC(=O)N(C[C@H]2CCCC[C@@H]2CN(C(=O)Nc2ccc(N(C)C)cc2)C2CCCCC2)C2CCCCC2)cc1. The van der Waals surface area contributed by atoms with E-state index in [1.165, 1.54) is 51.4 Å². The zero-order chi connectivity index (χ0) is 32.5. The van der Waals surface area contributed by atoms with Gasteiger partial charge in [-0.25, -0.2) is 9.59 Å². The van der Waals surface area contributed by atoms with Gasteiger partial charge < -0.3 is 30.2 Å². The van der Waals surface area contributed by atoms with E-state index in [-0.39, 0.29) is 24.1 Å². The number of nitrogens with zero attached hydrogens (tertiary/aromatic N) is 4. The van der Waals surface area contributed by atoms with Crippen molar-refractivity contribution < 1.29 is 9.59 Å². The Labute approximate surface area is 277 Å². The van der Waals surface area contributed by atoms with Crippen LogP contribution < -0.4 is 20.4 Å². The van der Waals surface area contributed by atoms with Gasteiger partial charge in [-0.05, 0) is 98.9 Å². The Balaban J connectivity index is 1.31. The highest BCUT2D eigenvalue weighted by Gasteiger charge is 2.36. The number of benzene rings is 2. The minimum atomic E-state index is 0.0249. The van der Waals surface area contributed by atoms with E-state index in [1.54, 1.807) is 0 Å². The Kier molecular flexibility index (Phi) is 12.1. The summed E-state index contributed by atoms with van der Waals surface area (Å²) in [6, 6.07) is 16.8. The van der Waals surface area contributed by atoms with Gasteiger partial charge in [-0.15, -0.1) is 0 Å². The fourth-order valence-corrected chi connectivity index (χ4v) is 7.93. The molecule has 4 amide bonds. The molecule has 0 saturated heterocycles. The summed E-state index contributed by atoms with van der Waals surface area (Å²) in [6.07, 6.45) is 16.2. The van der Waals surface area contributed by atoms with Crippen molar-refractivity contribution >= 4 is 34.8 Å². The van der Waals surface area contributed by atoms with Crippen LogP contribution in [0.5, 0.6) is 0 Å². The van der Waals surface area contributed by atoms with Gasteiger partial charge in [-0.3, -0.25) is 0 Å². The van der Waals surface area contributed by atoms with Crippen molar-refractivity contribution in [3.8, 4) is 0 Å². The number of amides is 4. The first-order valence-electron chi connectivity index (χ1n) is 18.0. The van der Waals surface area contributed by atoms with Gasteiger partial charge in [0.2, 0.25) is 0 Å². The van der Waals surface area contributed by atoms with Crippen LogP contribution in [-0.4, -0.2) is 75.2 Å². The monoisotopic (exact) mass is 630 g/mol. The predicted octanol–water partition coefficient (Wildman–Crippen LogP) is 8.66. The zero-order valence-electron chi connectivity index (χ0n) is 28.8. The molecule has 3 aliphatic rings. The fraction of sp³-hybridized carbons (Fsp3) is 0.632. The number of nitrogens with one attached hydrogen (secondary N) is 2. The number of hydrogen-bond acceptors (Lipinski definition) is 4. The van der Waals surface area contributed by atoms with E-state index in [9.17, 15) is 9.59 Å². The second kappa shape index (κ2) is 16.4. The van der Waals surface area contributed by atoms with Crippen molar-refractivity contribution in [2.75, 3.05) is 61.7 Å². The maximum absolute atomic E-state index is 14.0. The molecule has 3 saturated carbocycles. The van der Waals surface area contributed by atoms with Crippen LogP contribution in [0.25, 0.3) is 0 Å². The molecule has 2 aromatic rings. The van der Waals surface area contributed by atoms with E-state index in [0.29, 0.717) is 11.8 Å². The Bertz CT molecular complexity index is 1140. The van der Waals surface area contributed by atoms with Crippen molar-refractivity contribution in [1.29, 1.82) is 0 Å². The van der Waals surface area contributed by atoms with Crippen LogP contribution in [-0.2, 0) is 0 Å². The number of anilines is 4. The van der Waals surface area contributed by atoms with Crippen molar-refractivity contribution in [2.24, 2.45) is 11.8 Å². The van der Waals surface area contributed by atoms with E-state index < -0.39 is 0 Å². The average Bonchev–Trinajstić information content (AvgIpc) is 3.07. The Hall–Kier alpha value is -3.42. The third-order valence-electron chi connectivity index (χ3n) is 10.8. The summed E-state index contributed by atoms with van der Waals surface area (Å²) >= 11 is 0. The van der Waals surface area contributed by atoms with Gasteiger partial charge in [0, 0.05) is 76.1 Å². The lowest BCUT2D eigenvalue weighted by Gasteiger charge is -2.43. The second-order valence-electron chi connectivity index (χ2n) is 14.4. The molecular formula is C38H58N6O2. The lowest BCUT2D eigenvalue weighted by molar-refractivity contribution is 0.0902. The summed E-state index contributed by atoms with van der Waals surface area (Å²) in [6.45, 7) is 1.53. The topological polar surface area (TPSA) is 71.2 Å². The summed E-state index contributed by atoms with van der Waals surface area (Å²) in [5, 5.41) is 6.50. The zero-order valence-corrected chi connectivity index (χ0v) is 28.8. The largest absolute Gasteiger partial charge is 0.378 e. The maximum Gasteiger partial charge on any atom is 0.322 e. The molecule has 2 aromatic carbocycles. The summed E-state index contributed by atoms with van der Waals surface area (Å²) in [4.78, 5) is 36.5. The van der Waals surface area contributed by atoms with E-state index >= 15 is 0 Å². The van der Waals surface area contributed by atoms with Crippen LogP contribution >= 0.6 is 0 Å². The molecule has 0 heterocycles. The van der Waals surface area contributed by atoms with Gasteiger partial charge in [0.05, 0.1) is 0 Å². The molecule has 0 aliphatic heterocycles. The Morgan fingerprint density at radius 3 is 1.17 bits per heavy atom. The molecule has 252 valence electrons. The van der Waals surface area contributed by atoms with Crippen LogP contribution in [0.1, 0.15) is 89.9 Å². The van der Waals surface area contributed by atoms with Gasteiger partial charge >= 0.3 is 12.1 Å². The van der Waals surface area contributed by atoms with E-state index in [0.717, 1.165) is 74.4 Å². The molecule has 0 radical (unpaired) electrons. The molecule has 2 atom stereocenters. The normalized spacial score (nSPS) is 20.9. The molecule has 0 spiro atoms. The highest BCUT2D eigenvalue weighted by Crippen LogP contribution is 2.35. The lowest BCUT2D eigenvalue weighted by atomic mass is 9.77. The van der Waals surface area contributed by atoms with Crippen LogP contribution in [0.15, 0.2) is 48.5 Å². The van der Waals surface area contributed by atoms with E-state index in [1.807, 2.05) is 52.5 Å². The van der Waals surface area contributed by atoms with Crippen molar-refractivity contribution in [3.63, 3.8) is 0 Å². The molecule has 0 bridgehead atoms. The molecule has 8 heteroatoms. The number of hydrogen-bond donors (Lipinski definition) is 2. The number of rotatable bonds is 10. The van der Waals surface area contributed by atoms with Gasteiger partial charge in [0.25, 0.3) is 0 Å². The third kappa shape index (κ3) is 9.10. The van der Waals surface area contributed by atoms with Crippen LogP contribution in [0.2, 0.25) is 0 Å². The molecule has 3 fully saturated rings. The van der Waals surface area contributed by atoms with Gasteiger partial charge in [0.15, 0.2) is 0 Å². The summed E-state index contributed by atoms with van der Waals surface area (Å²) in [5.41, 5.74) is 3.92. The van der Waals surface area contributed by atoms with Gasteiger partial charge in [0.1, 0.15) is 0 Å². The van der Waals surface area contributed by atoms with Crippen LogP contribution in [0, 0.1) is 11.8 Å². The molecule has 8 nitrogen and oxygen atoms in total. The van der Waals surface area contributed by atoms with Crippen molar-refractivity contribution in [3.05, 3.63) is 48.5 Å². The average molecular weight is 631 g/mol. The third-order valence-corrected chi connectivity index (χ3v) is 10.8. The first kappa shape index (κ1) is 33.9. The van der Waals surface area contributed by atoms with Crippen molar-refractivity contribution in [1.82, 2.24) is 9.80 Å². The molecule has 3 aliphatic carbocycles. The predicted molar refractivity (Wildman–Crippen MR) is 192 cm³/mol. The molecule has 46 heavy (non-hydrogen) atoms. The van der Waals surface area contributed by atoms with E-state index in [4.69, 9.17) is 0 Å². The summed E-state index contributed by atoms with van der Waals surface area (Å²) < 4.78 is 0. The van der Waals surface area contributed by atoms with Crippen LogP contribution in [0.3, 0.4) is 0 Å². The highest BCUT2D eigenvalue weighted by molar-refractivity contribution is 5.90. The Morgan fingerprint density at radius 1 is 0.522 bits per heavy atom. The molecule has 2 N–H and O–H groups in total. The molecule has 0 unspecified atom stereocenters. The summed E-state index contributed by atoms with van der Waals surface area (Å²) in [7, 11) is 8.11. The molecule has 5 rings (SSSR count). The van der Waals surface area contributed by atoms with Crippen molar-refractivity contribution in [2.45, 2.75) is 102 Å². The second-order valence-corrected chi connectivity index (χ2v) is 14.4. The maximum atomic E-state index is 14.0. The molecule has 0 aromatic heterocycles. The number of urea groups is 2. The van der Waals surface area contributed by atoms with Gasteiger partial charge in [-0.2, -0.15) is 0 Å². The summed E-state index contributed by atoms with van der Waals surface area (Å²) in [5.74, 6) is 0.770. The first-order chi connectivity index (χ1) is 22.3. The highest BCUT2D eigenvalue weighted by atomic mass is 16.2. The fourth-order valence-electron chi connectivity index (χ4n) is 7.93. The number of carbonyl (C=O) groups is 2. The number of carbonyl (C=O) groups excluding carboxylic acids is 2. The van der Waals surface area contributed by atoms with Crippen LogP contribution in [0.4, 0.5) is 32.3 Å². The van der Waals surface area contributed by atoms with Gasteiger partial charge in [-0.1, -0.05) is 51.4 Å². The minimum absolute atomic E-state index is 0.0249. The smallest absolute Gasteiger partial charge is 0.322 e. The quantitative estimate of drug-likeness (QED) is 0.276. The molecular weight excluding hydrogens is 572 g/mol. The minimum Gasteiger partial charge on any atom is -0.378 e. The van der Waals surface area contributed by atoms with E-state index in [2.05, 4.69) is 54.5 Å². The first-order valence-corrected chi connectivity index (χ1v) is 18.0.